The molecule has 1 aromatic carbocycles. The number of carbonyl (C=O) groups is 1. The van der Waals surface area contributed by atoms with Crippen molar-refractivity contribution in [3.8, 4) is 5.75 Å². The van der Waals surface area contributed by atoms with E-state index in [1.54, 1.807) is 18.2 Å². The average molecular weight is 318 g/mol. The molecule has 0 heterocycles. The SMILES string of the molecule is CCCC(CCCl)CNC(=O)c1ccc(Cl)cc1OC. The fourth-order valence-electron chi connectivity index (χ4n) is 2.10. The minimum Gasteiger partial charge on any atom is -0.496 e. The molecule has 0 radical (unpaired) electrons. The zero-order chi connectivity index (χ0) is 15.0. The molecule has 0 aliphatic carbocycles. The van der Waals surface area contributed by atoms with Crippen molar-refractivity contribution < 1.29 is 9.53 Å². The van der Waals surface area contributed by atoms with Gasteiger partial charge in [0, 0.05) is 17.4 Å². The van der Waals surface area contributed by atoms with Crippen LogP contribution in [0.1, 0.15) is 36.5 Å². The molecule has 0 bridgehead atoms. The Kier molecular flexibility index (Phi) is 7.78. The van der Waals surface area contributed by atoms with Crippen LogP contribution < -0.4 is 10.1 Å². The maximum absolute atomic E-state index is 12.2. The monoisotopic (exact) mass is 317 g/mol. The first kappa shape index (κ1) is 17.1. The van der Waals surface area contributed by atoms with Crippen molar-refractivity contribution in [2.75, 3.05) is 19.5 Å². The highest BCUT2D eigenvalue weighted by Gasteiger charge is 2.14. The molecule has 0 aromatic heterocycles. The molecule has 0 spiro atoms. The van der Waals surface area contributed by atoms with Gasteiger partial charge in [-0.15, -0.1) is 11.6 Å². The zero-order valence-electron chi connectivity index (χ0n) is 11.9. The fourth-order valence-corrected chi connectivity index (χ4v) is 2.57. The van der Waals surface area contributed by atoms with Crippen LogP contribution in [0.3, 0.4) is 0 Å². The van der Waals surface area contributed by atoms with Crippen LogP contribution in [0, 0.1) is 5.92 Å². The Morgan fingerprint density at radius 2 is 2.15 bits per heavy atom. The van der Waals surface area contributed by atoms with Crippen LogP contribution in [0.25, 0.3) is 0 Å². The number of halogens is 2. The molecule has 1 atom stereocenters. The van der Waals surface area contributed by atoms with Gasteiger partial charge >= 0.3 is 0 Å². The predicted octanol–water partition coefficient (Wildman–Crippen LogP) is 4.12. The molecular weight excluding hydrogens is 297 g/mol. The number of rotatable bonds is 8. The van der Waals surface area contributed by atoms with Crippen molar-refractivity contribution in [1.82, 2.24) is 5.32 Å². The second kappa shape index (κ2) is 9.09. The molecule has 112 valence electrons. The summed E-state index contributed by atoms with van der Waals surface area (Å²) in [5, 5.41) is 3.49. The highest BCUT2D eigenvalue weighted by molar-refractivity contribution is 6.30. The van der Waals surface area contributed by atoms with Crippen LogP contribution in [0.4, 0.5) is 0 Å². The number of hydrogen-bond acceptors (Lipinski definition) is 2. The maximum Gasteiger partial charge on any atom is 0.255 e. The Hall–Kier alpha value is -0.930. The second-order valence-corrected chi connectivity index (χ2v) is 5.50. The van der Waals surface area contributed by atoms with Crippen LogP contribution in [-0.4, -0.2) is 25.4 Å². The summed E-state index contributed by atoms with van der Waals surface area (Å²) in [5.74, 6) is 1.37. The molecular formula is C15H21Cl2NO2. The van der Waals surface area contributed by atoms with Crippen LogP contribution in [-0.2, 0) is 0 Å². The third-order valence-electron chi connectivity index (χ3n) is 3.17. The van der Waals surface area contributed by atoms with E-state index in [9.17, 15) is 4.79 Å². The summed E-state index contributed by atoms with van der Waals surface area (Å²) in [6.45, 7) is 2.76. The van der Waals surface area contributed by atoms with Gasteiger partial charge in [0.1, 0.15) is 5.75 Å². The summed E-state index contributed by atoms with van der Waals surface area (Å²) in [4.78, 5) is 12.2. The van der Waals surface area contributed by atoms with Gasteiger partial charge in [-0.1, -0.05) is 24.9 Å². The van der Waals surface area contributed by atoms with Crippen LogP contribution in [0.2, 0.25) is 5.02 Å². The standard InChI is InChI=1S/C15H21Cl2NO2/c1-3-4-11(7-8-16)10-18-15(19)13-6-5-12(17)9-14(13)20-2/h5-6,9,11H,3-4,7-8,10H2,1-2H3,(H,18,19). The largest absolute Gasteiger partial charge is 0.496 e. The van der Waals surface area contributed by atoms with E-state index < -0.39 is 0 Å². The molecule has 1 aromatic rings. The lowest BCUT2D eigenvalue weighted by atomic mass is 10.0. The van der Waals surface area contributed by atoms with Gasteiger partial charge in [0.2, 0.25) is 0 Å². The summed E-state index contributed by atoms with van der Waals surface area (Å²) in [7, 11) is 1.52. The molecule has 0 aliphatic heterocycles. The molecule has 3 nitrogen and oxygen atoms in total. The molecule has 0 saturated carbocycles. The lowest BCUT2D eigenvalue weighted by Crippen LogP contribution is -2.29. The number of benzene rings is 1. The van der Waals surface area contributed by atoms with E-state index in [0.717, 1.165) is 19.3 Å². The van der Waals surface area contributed by atoms with Gasteiger partial charge in [0.25, 0.3) is 5.91 Å². The minimum atomic E-state index is -0.144. The van der Waals surface area contributed by atoms with E-state index in [1.807, 2.05) is 0 Å². The molecule has 0 aliphatic rings. The van der Waals surface area contributed by atoms with Gasteiger partial charge in [0.15, 0.2) is 0 Å². The first-order chi connectivity index (χ1) is 9.62. The predicted molar refractivity (Wildman–Crippen MR) is 84.1 cm³/mol. The van der Waals surface area contributed by atoms with Gasteiger partial charge < -0.3 is 10.1 Å². The third kappa shape index (κ3) is 5.22. The van der Waals surface area contributed by atoms with Gasteiger partial charge in [-0.3, -0.25) is 4.79 Å². The Morgan fingerprint density at radius 3 is 2.75 bits per heavy atom. The van der Waals surface area contributed by atoms with Gasteiger partial charge in [-0.2, -0.15) is 0 Å². The first-order valence-electron chi connectivity index (χ1n) is 6.80. The number of ether oxygens (including phenoxy) is 1. The fraction of sp³-hybridized carbons (Fsp3) is 0.533. The van der Waals surface area contributed by atoms with Crippen LogP contribution in [0.15, 0.2) is 18.2 Å². The number of amides is 1. The molecule has 1 N–H and O–H groups in total. The van der Waals surface area contributed by atoms with E-state index in [0.29, 0.717) is 34.7 Å². The van der Waals surface area contributed by atoms with Gasteiger partial charge in [-0.05, 0) is 37.0 Å². The second-order valence-electron chi connectivity index (χ2n) is 4.69. The number of nitrogens with one attached hydrogen (secondary N) is 1. The van der Waals surface area contributed by atoms with Crippen molar-refractivity contribution in [2.24, 2.45) is 5.92 Å². The zero-order valence-corrected chi connectivity index (χ0v) is 13.4. The topological polar surface area (TPSA) is 38.3 Å². The number of methoxy groups -OCH3 is 1. The summed E-state index contributed by atoms with van der Waals surface area (Å²) < 4.78 is 5.18. The van der Waals surface area contributed by atoms with Gasteiger partial charge in [0.05, 0.1) is 12.7 Å². The highest BCUT2D eigenvalue weighted by Crippen LogP contribution is 2.23. The Balaban J connectivity index is 2.66. The quantitative estimate of drug-likeness (QED) is 0.732. The number of carbonyl (C=O) groups excluding carboxylic acids is 1. The highest BCUT2D eigenvalue weighted by atomic mass is 35.5. The Labute approximate surface area is 130 Å². The van der Waals surface area contributed by atoms with E-state index >= 15 is 0 Å². The molecule has 0 fully saturated rings. The van der Waals surface area contributed by atoms with Crippen molar-refractivity contribution in [1.29, 1.82) is 0 Å². The lowest BCUT2D eigenvalue weighted by Gasteiger charge is -2.16. The van der Waals surface area contributed by atoms with Crippen molar-refractivity contribution in [2.45, 2.75) is 26.2 Å². The smallest absolute Gasteiger partial charge is 0.255 e. The van der Waals surface area contributed by atoms with Crippen LogP contribution >= 0.6 is 23.2 Å². The van der Waals surface area contributed by atoms with E-state index in [4.69, 9.17) is 27.9 Å². The van der Waals surface area contributed by atoms with Crippen molar-refractivity contribution in [3.63, 3.8) is 0 Å². The first-order valence-corrected chi connectivity index (χ1v) is 7.71. The van der Waals surface area contributed by atoms with E-state index in [2.05, 4.69) is 12.2 Å². The van der Waals surface area contributed by atoms with E-state index in [-0.39, 0.29) is 5.91 Å². The summed E-state index contributed by atoms with van der Waals surface area (Å²) >= 11 is 11.7. The minimum absolute atomic E-state index is 0.144. The Bertz CT molecular complexity index is 432. The number of alkyl halides is 1. The third-order valence-corrected chi connectivity index (χ3v) is 3.63. The average Bonchev–Trinajstić information content (AvgIpc) is 2.44. The molecule has 20 heavy (non-hydrogen) atoms. The number of hydrogen-bond donors (Lipinski definition) is 1. The Morgan fingerprint density at radius 1 is 1.40 bits per heavy atom. The summed E-state index contributed by atoms with van der Waals surface area (Å²) in [6, 6.07) is 4.99. The van der Waals surface area contributed by atoms with Crippen molar-refractivity contribution in [3.05, 3.63) is 28.8 Å². The molecule has 1 amide bonds. The van der Waals surface area contributed by atoms with Gasteiger partial charge in [-0.25, -0.2) is 0 Å². The summed E-state index contributed by atoms with van der Waals surface area (Å²) in [6.07, 6.45) is 3.06. The maximum atomic E-state index is 12.2. The molecule has 1 unspecified atom stereocenters. The molecule has 0 saturated heterocycles. The van der Waals surface area contributed by atoms with Crippen molar-refractivity contribution >= 4 is 29.1 Å². The summed E-state index contributed by atoms with van der Waals surface area (Å²) in [5.41, 5.74) is 0.498. The lowest BCUT2D eigenvalue weighted by molar-refractivity contribution is 0.0943. The van der Waals surface area contributed by atoms with Crippen LogP contribution in [0.5, 0.6) is 5.75 Å². The van der Waals surface area contributed by atoms with E-state index in [1.165, 1.54) is 7.11 Å². The molecule has 1 rings (SSSR count). The molecule has 5 heteroatoms. The normalized spacial score (nSPS) is 12.0.